The number of halogens is 2. The topological polar surface area (TPSA) is 46.2 Å². The van der Waals surface area contributed by atoms with Crippen LogP contribution in [0.2, 0.25) is 0 Å². The molecule has 5 heteroatoms. The third-order valence-electron chi connectivity index (χ3n) is 3.43. The number of carbonyl (C=O) groups excluding carboxylic acids is 2. The zero-order chi connectivity index (χ0) is 17.0. The molecule has 2 rings (SSSR count). The predicted molar refractivity (Wildman–Crippen MR) is 92.8 cm³/mol. The second-order valence-electron chi connectivity index (χ2n) is 5.42. The van der Waals surface area contributed by atoms with Crippen molar-refractivity contribution in [1.29, 1.82) is 0 Å². The molecule has 2 aromatic rings. The standard InChI is InChI=1S/C18H17BrFNO2/c1-11(2)16-14(21-15(22)10-19)9-8-13(17(16)20)18(23)12-6-4-3-5-7-12/h3-9,11H,10H2,1-2H3,(H,21,22). The van der Waals surface area contributed by atoms with Crippen molar-refractivity contribution < 1.29 is 14.0 Å². The minimum Gasteiger partial charge on any atom is -0.325 e. The van der Waals surface area contributed by atoms with Gasteiger partial charge >= 0.3 is 0 Å². The Hall–Kier alpha value is -2.01. The predicted octanol–water partition coefficient (Wildman–Crippen LogP) is 4.51. The van der Waals surface area contributed by atoms with Gasteiger partial charge in [0, 0.05) is 16.8 Å². The summed E-state index contributed by atoms with van der Waals surface area (Å²) in [6, 6.07) is 11.6. The molecular weight excluding hydrogens is 361 g/mol. The Morgan fingerprint density at radius 3 is 2.35 bits per heavy atom. The summed E-state index contributed by atoms with van der Waals surface area (Å²) in [5.74, 6) is -1.40. The van der Waals surface area contributed by atoms with Crippen LogP contribution in [0.3, 0.4) is 0 Å². The molecule has 3 nitrogen and oxygen atoms in total. The fourth-order valence-electron chi connectivity index (χ4n) is 2.37. The van der Waals surface area contributed by atoms with Gasteiger partial charge in [-0.05, 0) is 18.1 Å². The van der Waals surface area contributed by atoms with Gasteiger partial charge in [0.15, 0.2) is 5.78 Å². The van der Waals surface area contributed by atoms with E-state index < -0.39 is 5.82 Å². The molecule has 1 N–H and O–H groups in total. The van der Waals surface area contributed by atoms with E-state index in [1.165, 1.54) is 6.07 Å². The number of amides is 1. The first-order valence-corrected chi connectivity index (χ1v) is 8.35. The Kier molecular flexibility index (Phi) is 5.66. The number of nitrogens with one attached hydrogen (secondary N) is 1. The van der Waals surface area contributed by atoms with E-state index in [1.807, 2.05) is 13.8 Å². The van der Waals surface area contributed by atoms with E-state index in [1.54, 1.807) is 36.4 Å². The number of carbonyl (C=O) groups is 2. The van der Waals surface area contributed by atoms with Crippen molar-refractivity contribution in [1.82, 2.24) is 0 Å². The van der Waals surface area contributed by atoms with Crippen molar-refractivity contribution in [2.75, 3.05) is 10.6 Å². The summed E-state index contributed by atoms with van der Waals surface area (Å²) in [5.41, 5.74) is 1.17. The van der Waals surface area contributed by atoms with Crippen molar-refractivity contribution in [2.45, 2.75) is 19.8 Å². The highest BCUT2D eigenvalue weighted by Gasteiger charge is 2.22. The van der Waals surface area contributed by atoms with Gasteiger partial charge in [0.1, 0.15) is 5.82 Å². The highest BCUT2D eigenvalue weighted by molar-refractivity contribution is 9.09. The molecule has 0 radical (unpaired) electrons. The van der Waals surface area contributed by atoms with Crippen molar-refractivity contribution >= 4 is 33.3 Å². The quantitative estimate of drug-likeness (QED) is 0.615. The van der Waals surface area contributed by atoms with Crippen molar-refractivity contribution in [3.8, 4) is 0 Å². The number of hydrogen-bond donors (Lipinski definition) is 1. The first kappa shape index (κ1) is 17.3. The summed E-state index contributed by atoms with van der Waals surface area (Å²) in [4.78, 5) is 24.1. The van der Waals surface area contributed by atoms with Gasteiger partial charge in [0.2, 0.25) is 5.91 Å². The molecule has 0 bridgehead atoms. The molecule has 0 aromatic heterocycles. The van der Waals surface area contributed by atoms with E-state index in [-0.39, 0.29) is 28.5 Å². The van der Waals surface area contributed by atoms with E-state index in [0.717, 1.165) is 0 Å². The van der Waals surface area contributed by atoms with Gasteiger partial charge in [0.25, 0.3) is 0 Å². The molecule has 0 saturated heterocycles. The lowest BCUT2D eigenvalue weighted by molar-refractivity contribution is -0.113. The molecule has 0 fully saturated rings. The van der Waals surface area contributed by atoms with Gasteiger partial charge in [-0.2, -0.15) is 0 Å². The van der Waals surface area contributed by atoms with Gasteiger partial charge in [-0.1, -0.05) is 60.1 Å². The summed E-state index contributed by atoms with van der Waals surface area (Å²) in [6.45, 7) is 3.64. The summed E-state index contributed by atoms with van der Waals surface area (Å²) < 4.78 is 14.9. The van der Waals surface area contributed by atoms with Crippen LogP contribution >= 0.6 is 15.9 Å². The van der Waals surface area contributed by atoms with Crippen LogP contribution in [-0.4, -0.2) is 17.0 Å². The van der Waals surface area contributed by atoms with Gasteiger partial charge in [0.05, 0.1) is 10.9 Å². The van der Waals surface area contributed by atoms with Gasteiger partial charge in [-0.3, -0.25) is 9.59 Å². The van der Waals surface area contributed by atoms with Crippen LogP contribution < -0.4 is 5.32 Å². The van der Waals surface area contributed by atoms with E-state index >= 15 is 0 Å². The zero-order valence-corrected chi connectivity index (χ0v) is 14.5. The summed E-state index contributed by atoms with van der Waals surface area (Å²) >= 11 is 3.06. The lowest BCUT2D eigenvalue weighted by Gasteiger charge is -2.16. The monoisotopic (exact) mass is 377 g/mol. The molecule has 0 unspecified atom stereocenters. The SMILES string of the molecule is CC(C)c1c(NC(=O)CBr)ccc(C(=O)c2ccccc2)c1F. The van der Waals surface area contributed by atoms with Crippen LogP contribution in [-0.2, 0) is 4.79 Å². The fraction of sp³-hybridized carbons (Fsp3) is 0.222. The second-order valence-corrected chi connectivity index (χ2v) is 5.98. The summed E-state index contributed by atoms with van der Waals surface area (Å²) in [7, 11) is 0. The molecule has 0 aliphatic carbocycles. The molecular formula is C18H17BrFNO2. The van der Waals surface area contributed by atoms with Crippen LogP contribution in [0.1, 0.15) is 41.3 Å². The first-order valence-electron chi connectivity index (χ1n) is 7.23. The maximum absolute atomic E-state index is 14.9. The van der Waals surface area contributed by atoms with E-state index in [9.17, 15) is 14.0 Å². The van der Waals surface area contributed by atoms with E-state index in [4.69, 9.17) is 0 Å². The molecule has 0 spiro atoms. The number of ketones is 1. The van der Waals surface area contributed by atoms with Gasteiger partial charge < -0.3 is 5.32 Å². The Labute approximate surface area is 143 Å². The summed E-state index contributed by atoms with van der Waals surface area (Å²) in [5, 5.41) is 2.77. The molecule has 0 aliphatic rings. The summed E-state index contributed by atoms with van der Waals surface area (Å²) in [6.07, 6.45) is 0. The highest BCUT2D eigenvalue weighted by Crippen LogP contribution is 2.30. The lowest BCUT2D eigenvalue weighted by atomic mass is 9.94. The molecule has 0 aliphatic heterocycles. The maximum atomic E-state index is 14.9. The average molecular weight is 378 g/mol. The number of benzene rings is 2. The van der Waals surface area contributed by atoms with Gasteiger partial charge in [-0.15, -0.1) is 0 Å². The van der Waals surface area contributed by atoms with Gasteiger partial charge in [-0.25, -0.2) is 4.39 Å². The van der Waals surface area contributed by atoms with Crippen molar-refractivity contribution in [2.24, 2.45) is 0 Å². The third kappa shape index (κ3) is 3.85. The molecule has 0 atom stereocenters. The largest absolute Gasteiger partial charge is 0.325 e. The van der Waals surface area contributed by atoms with E-state index in [2.05, 4.69) is 21.2 Å². The third-order valence-corrected chi connectivity index (χ3v) is 3.94. The van der Waals surface area contributed by atoms with Crippen LogP contribution in [0.5, 0.6) is 0 Å². The first-order chi connectivity index (χ1) is 11.0. The molecule has 120 valence electrons. The van der Waals surface area contributed by atoms with Crippen LogP contribution in [0, 0.1) is 5.82 Å². The minimum absolute atomic E-state index is 0.0109. The van der Waals surface area contributed by atoms with Crippen molar-refractivity contribution in [3.05, 3.63) is 65.0 Å². The van der Waals surface area contributed by atoms with E-state index in [0.29, 0.717) is 16.8 Å². The number of rotatable bonds is 5. The van der Waals surface area contributed by atoms with Crippen molar-refractivity contribution in [3.63, 3.8) is 0 Å². The number of hydrogen-bond acceptors (Lipinski definition) is 2. The maximum Gasteiger partial charge on any atom is 0.235 e. The molecule has 0 heterocycles. The van der Waals surface area contributed by atoms with Crippen LogP contribution in [0.15, 0.2) is 42.5 Å². The Bertz CT molecular complexity index is 729. The normalized spacial score (nSPS) is 10.7. The smallest absolute Gasteiger partial charge is 0.235 e. The Morgan fingerprint density at radius 1 is 1.13 bits per heavy atom. The Morgan fingerprint density at radius 2 is 1.78 bits per heavy atom. The zero-order valence-electron chi connectivity index (χ0n) is 12.9. The van der Waals surface area contributed by atoms with Crippen LogP contribution in [0.4, 0.5) is 10.1 Å². The Balaban J connectivity index is 2.49. The fourth-order valence-corrected chi connectivity index (χ4v) is 2.51. The highest BCUT2D eigenvalue weighted by atomic mass is 79.9. The minimum atomic E-state index is -0.582. The lowest BCUT2D eigenvalue weighted by Crippen LogP contribution is -2.16. The molecule has 0 saturated carbocycles. The molecule has 23 heavy (non-hydrogen) atoms. The number of anilines is 1. The average Bonchev–Trinajstić information content (AvgIpc) is 2.54. The number of alkyl halides is 1. The van der Waals surface area contributed by atoms with Crippen LogP contribution in [0.25, 0.3) is 0 Å². The second kappa shape index (κ2) is 7.51. The molecule has 1 amide bonds. The molecule has 2 aromatic carbocycles.